The van der Waals surface area contributed by atoms with Gasteiger partial charge in [0.15, 0.2) is 0 Å². The van der Waals surface area contributed by atoms with Crippen LogP contribution in [0, 0.1) is 0 Å². The molecule has 4 nitrogen and oxygen atoms in total. The van der Waals surface area contributed by atoms with E-state index < -0.39 is 0 Å². The Labute approximate surface area is 163 Å². The molecule has 4 aromatic carbocycles. The molecule has 4 aromatic rings. The van der Waals surface area contributed by atoms with Crippen molar-refractivity contribution < 1.29 is 0 Å². The second kappa shape index (κ2) is 7.13. The predicted molar refractivity (Wildman–Crippen MR) is 116 cm³/mol. The Balaban J connectivity index is 1.62. The number of thiol groups is 1. The molecular weight excluding hydrogens is 352 g/mol. The SMILES string of the molecule is Nc1ccc(-c2ccc(N=Nc3cc(S)c4ccccc4c3N)cc2)cc1. The molecule has 0 spiro atoms. The molecule has 0 aromatic heterocycles. The molecule has 0 aliphatic rings. The van der Waals surface area contributed by atoms with Crippen LogP contribution in [0.4, 0.5) is 22.7 Å². The Kier molecular flexibility index (Phi) is 4.52. The van der Waals surface area contributed by atoms with Crippen molar-refractivity contribution in [2.75, 3.05) is 11.5 Å². The molecule has 0 fully saturated rings. The fourth-order valence-corrected chi connectivity index (χ4v) is 3.27. The van der Waals surface area contributed by atoms with Gasteiger partial charge in [0.05, 0.1) is 11.4 Å². The molecule has 0 aliphatic heterocycles. The molecule has 0 amide bonds. The lowest BCUT2D eigenvalue weighted by Gasteiger charge is -2.07. The zero-order chi connectivity index (χ0) is 18.8. The largest absolute Gasteiger partial charge is 0.399 e. The Morgan fingerprint density at radius 2 is 1.26 bits per heavy atom. The third kappa shape index (κ3) is 3.50. The Morgan fingerprint density at radius 1 is 0.667 bits per heavy atom. The van der Waals surface area contributed by atoms with Crippen LogP contribution in [0.25, 0.3) is 21.9 Å². The van der Waals surface area contributed by atoms with Gasteiger partial charge < -0.3 is 11.5 Å². The summed E-state index contributed by atoms with van der Waals surface area (Å²) in [5.74, 6) is 0. The lowest BCUT2D eigenvalue weighted by atomic mass is 10.1. The molecule has 5 heteroatoms. The summed E-state index contributed by atoms with van der Waals surface area (Å²) >= 11 is 4.54. The predicted octanol–water partition coefficient (Wildman–Crippen LogP) is 6.38. The van der Waals surface area contributed by atoms with Gasteiger partial charge in [0.25, 0.3) is 0 Å². The van der Waals surface area contributed by atoms with Crippen LogP contribution < -0.4 is 11.5 Å². The fraction of sp³-hybridized carbons (Fsp3) is 0. The maximum atomic E-state index is 6.27. The van der Waals surface area contributed by atoms with Gasteiger partial charge in [0.2, 0.25) is 0 Å². The summed E-state index contributed by atoms with van der Waals surface area (Å²) in [5, 5.41) is 10.6. The van der Waals surface area contributed by atoms with Crippen molar-refractivity contribution in [3.05, 3.63) is 78.9 Å². The van der Waals surface area contributed by atoms with Gasteiger partial charge in [-0.3, -0.25) is 0 Å². The highest BCUT2D eigenvalue weighted by molar-refractivity contribution is 7.80. The summed E-state index contributed by atoms with van der Waals surface area (Å²) in [6.07, 6.45) is 0. The number of nitrogens with two attached hydrogens (primary N) is 2. The van der Waals surface area contributed by atoms with E-state index in [0.29, 0.717) is 11.4 Å². The molecule has 4 rings (SSSR count). The second-order valence-corrected chi connectivity index (χ2v) is 6.72. The van der Waals surface area contributed by atoms with Crippen molar-refractivity contribution in [2.45, 2.75) is 4.90 Å². The van der Waals surface area contributed by atoms with Crippen molar-refractivity contribution in [1.29, 1.82) is 0 Å². The van der Waals surface area contributed by atoms with E-state index in [9.17, 15) is 0 Å². The van der Waals surface area contributed by atoms with E-state index in [1.165, 1.54) is 0 Å². The Bertz CT molecular complexity index is 1130. The summed E-state index contributed by atoms with van der Waals surface area (Å²) in [7, 11) is 0. The van der Waals surface area contributed by atoms with Crippen LogP contribution in [0.3, 0.4) is 0 Å². The number of rotatable bonds is 3. The summed E-state index contributed by atoms with van der Waals surface area (Å²) < 4.78 is 0. The topological polar surface area (TPSA) is 76.8 Å². The van der Waals surface area contributed by atoms with E-state index in [4.69, 9.17) is 11.5 Å². The Hall–Kier alpha value is -3.31. The highest BCUT2D eigenvalue weighted by Crippen LogP contribution is 2.36. The van der Waals surface area contributed by atoms with E-state index in [0.717, 1.165) is 38.2 Å². The highest BCUT2D eigenvalue weighted by Gasteiger charge is 2.07. The monoisotopic (exact) mass is 370 g/mol. The average Bonchev–Trinajstić information content (AvgIpc) is 2.71. The van der Waals surface area contributed by atoms with Gasteiger partial charge in [-0.25, -0.2) is 0 Å². The second-order valence-electron chi connectivity index (χ2n) is 6.24. The molecule has 0 radical (unpaired) electrons. The van der Waals surface area contributed by atoms with E-state index in [2.05, 4.69) is 22.9 Å². The van der Waals surface area contributed by atoms with Gasteiger partial charge in [0.1, 0.15) is 5.69 Å². The molecule has 0 heterocycles. The van der Waals surface area contributed by atoms with Crippen LogP contribution in [0.5, 0.6) is 0 Å². The lowest BCUT2D eigenvalue weighted by molar-refractivity contribution is 1.23. The average molecular weight is 370 g/mol. The summed E-state index contributed by atoms with van der Waals surface area (Å²) in [4.78, 5) is 0.826. The minimum atomic E-state index is 0.602. The first-order valence-corrected chi connectivity index (χ1v) is 8.94. The molecule has 0 saturated heterocycles. The first kappa shape index (κ1) is 17.1. The van der Waals surface area contributed by atoms with Gasteiger partial charge >= 0.3 is 0 Å². The summed E-state index contributed by atoms with van der Waals surface area (Å²) in [6, 6.07) is 25.3. The molecule has 132 valence electrons. The fourth-order valence-electron chi connectivity index (χ4n) is 2.95. The van der Waals surface area contributed by atoms with Gasteiger partial charge in [-0.1, -0.05) is 48.5 Å². The molecule has 0 unspecified atom stereocenters. The summed E-state index contributed by atoms with van der Waals surface area (Å²) in [6.45, 7) is 0. The first-order chi connectivity index (χ1) is 13.1. The Morgan fingerprint density at radius 3 is 1.93 bits per heavy atom. The normalized spacial score (nSPS) is 11.3. The van der Waals surface area contributed by atoms with E-state index in [1.807, 2.05) is 78.9 Å². The first-order valence-electron chi connectivity index (χ1n) is 8.50. The number of anilines is 2. The van der Waals surface area contributed by atoms with E-state index in [-0.39, 0.29) is 0 Å². The quantitative estimate of drug-likeness (QED) is 0.222. The highest BCUT2D eigenvalue weighted by atomic mass is 32.1. The maximum Gasteiger partial charge on any atom is 0.110 e. The third-order valence-electron chi connectivity index (χ3n) is 4.43. The number of benzene rings is 4. The van der Waals surface area contributed by atoms with Gasteiger partial charge in [-0.05, 0) is 46.8 Å². The van der Waals surface area contributed by atoms with Gasteiger partial charge in [-0.2, -0.15) is 5.11 Å². The van der Waals surface area contributed by atoms with E-state index in [1.54, 1.807) is 0 Å². The molecule has 0 bridgehead atoms. The van der Waals surface area contributed by atoms with Crippen LogP contribution in [0.15, 0.2) is 94.0 Å². The van der Waals surface area contributed by atoms with Crippen LogP contribution >= 0.6 is 12.6 Å². The number of fused-ring (bicyclic) bond motifs is 1. The number of hydrogen-bond donors (Lipinski definition) is 3. The third-order valence-corrected chi connectivity index (χ3v) is 4.80. The minimum absolute atomic E-state index is 0.602. The lowest BCUT2D eigenvalue weighted by Crippen LogP contribution is -1.88. The maximum absolute atomic E-state index is 6.27. The van der Waals surface area contributed by atoms with Crippen LogP contribution in [-0.4, -0.2) is 0 Å². The van der Waals surface area contributed by atoms with Crippen molar-refractivity contribution >= 4 is 46.2 Å². The number of nitrogens with zero attached hydrogens (tertiary/aromatic N) is 2. The molecule has 4 N–H and O–H groups in total. The van der Waals surface area contributed by atoms with Crippen LogP contribution in [-0.2, 0) is 0 Å². The van der Waals surface area contributed by atoms with E-state index >= 15 is 0 Å². The minimum Gasteiger partial charge on any atom is -0.399 e. The van der Waals surface area contributed by atoms with Crippen molar-refractivity contribution in [2.24, 2.45) is 10.2 Å². The van der Waals surface area contributed by atoms with Crippen LogP contribution in [0.1, 0.15) is 0 Å². The number of nitrogen functional groups attached to an aromatic ring is 2. The van der Waals surface area contributed by atoms with Crippen molar-refractivity contribution in [3.8, 4) is 11.1 Å². The van der Waals surface area contributed by atoms with Crippen LogP contribution in [0.2, 0.25) is 0 Å². The molecule has 27 heavy (non-hydrogen) atoms. The standard InChI is InChI=1S/C22H18N4S/c23-16-9-5-14(6-10-16)15-7-11-17(12-8-15)25-26-20-13-21(27)18-3-1-2-4-19(18)22(20)24/h1-13,27H,23-24H2. The van der Waals surface area contributed by atoms with Gasteiger partial charge in [0, 0.05) is 16.0 Å². The number of hydrogen-bond acceptors (Lipinski definition) is 5. The van der Waals surface area contributed by atoms with Crippen molar-refractivity contribution in [1.82, 2.24) is 0 Å². The van der Waals surface area contributed by atoms with Crippen molar-refractivity contribution in [3.63, 3.8) is 0 Å². The smallest absolute Gasteiger partial charge is 0.110 e. The molecular formula is C22H18N4S. The zero-order valence-corrected chi connectivity index (χ0v) is 15.4. The van der Waals surface area contributed by atoms with Gasteiger partial charge in [-0.15, -0.1) is 17.7 Å². The zero-order valence-electron chi connectivity index (χ0n) is 14.5. The number of azo groups is 1. The molecule has 0 atom stereocenters. The molecule has 0 aliphatic carbocycles. The molecule has 0 saturated carbocycles. The summed E-state index contributed by atoms with van der Waals surface area (Å²) in [5.41, 5.74) is 16.9.